The van der Waals surface area contributed by atoms with E-state index < -0.39 is 0 Å². The number of furan rings is 1. The topological polar surface area (TPSA) is 76.2 Å². The molecule has 0 bridgehead atoms. The molecular weight excluding hydrogens is 374 g/mol. The number of hydrogen-bond donors (Lipinski definition) is 1. The zero-order chi connectivity index (χ0) is 19.9. The van der Waals surface area contributed by atoms with E-state index in [0.717, 1.165) is 22.8 Å². The molecule has 7 nitrogen and oxygen atoms in total. The highest BCUT2D eigenvalue weighted by Crippen LogP contribution is 2.26. The summed E-state index contributed by atoms with van der Waals surface area (Å²) in [5.41, 5.74) is 2.05. The summed E-state index contributed by atoms with van der Waals surface area (Å²) in [7, 11) is 3.99. The fourth-order valence-electron chi connectivity index (χ4n) is 2.61. The van der Waals surface area contributed by atoms with E-state index in [1.165, 1.54) is 11.8 Å². The molecule has 1 N–H and O–H groups in total. The van der Waals surface area contributed by atoms with Crippen LogP contribution in [0.5, 0.6) is 0 Å². The van der Waals surface area contributed by atoms with E-state index in [9.17, 15) is 4.79 Å². The number of rotatable bonds is 9. The van der Waals surface area contributed by atoms with Crippen molar-refractivity contribution in [2.75, 3.05) is 24.7 Å². The molecule has 2 aromatic heterocycles. The van der Waals surface area contributed by atoms with E-state index in [1.54, 1.807) is 18.4 Å². The minimum Gasteiger partial charge on any atom is -0.467 e. The summed E-state index contributed by atoms with van der Waals surface area (Å²) in [4.78, 5) is 14.2. The second-order valence-electron chi connectivity index (χ2n) is 6.29. The van der Waals surface area contributed by atoms with Crippen LogP contribution in [0.4, 0.5) is 5.69 Å². The molecule has 1 amide bonds. The zero-order valence-electron chi connectivity index (χ0n) is 16.0. The third-order valence-electron chi connectivity index (χ3n) is 4.02. The number of benzene rings is 1. The van der Waals surface area contributed by atoms with Gasteiger partial charge in [-0.3, -0.25) is 9.36 Å². The summed E-state index contributed by atoms with van der Waals surface area (Å²) in [6.07, 6.45) is 3.38. The van der Waals surface area contributed by atoms with Crippen LogP contribution in [-0.2, 0) is 17.9 Å². The number of aromatic nitrogens is 3. The summed E-state index contributed by atoms with van der Waals surface area (Å²) in [6.45, 7) is 4.76. The third kappa shape index (κ3) is 4.83. The highest BCUT2D eigenvalue weighted by Gasteiger charge is 2.15. The number of amides is 1. The fraction of sp³-hybridized carbons (Fsp3) is 0.250. The Kier molecular flexibility index (Phi) is 6.54. The van der Waals surface area contributed by atoms with Gasteiger partial charge >= 0.3 is 0 Å². The van der Waals surface area contributed by atoms with Crippen molar-refractivity contribution in [1.82, 2.24) is 20.1 Å². The number of hydrogen-bond acceptors (Lipinski definition) is 6. The normalized spacial score (nSPS) is 10.6. The van der Waals surface area contributed by atoms with E-state index in [1.807, 2.05) is 47.8 Å². The Morgan fingerprint density at radius 1 is 1.32 bits per heavy atom. The van der Waals surface area contributed by atoms with Crippen molar-refractivity contribution in [1.29, 1.82) is 0 Å². The number of carbonyl (C=O) groups excluding carboxylic acids is 1. The Hall–Kier alpha value is -3.00. The van der Waals surface area contributed by atoms with E-state index in [0.29, 0.717) is 18.2 Å². The Morgan fingerprint density at radius 2 is 2.18 bits per heavy atom. The third-order valence-corrected chi connectivity index (χ3v) is 4.99. The van der Waals surface area contributed by atoms with Crippen LogP contribution in [0.15, 0.2) is 64.9 Å². The summed E-state index contributed by atoms with van der Waals surface area (Å²) >= 11 is 1.35. The molecule has 0 atom stereocenters. The molecule has 2 heterocycles. The molecular formula is C20H23N5O2S. The predicted octanol–water partition coefficient (Wildman–Crippen LogP) is 3.20. The lowest BCUT2D eigenvalue weighted by Gasteiger charge is -2.14. The highest BCUT2D eigenvalue weighted by molar-refractivity contribution is 7.99. The first-order valence-corrected chi connectivity index (χ1v) is 9.80. The van der Waals surface area contributed by atoms with Crippen molar-refractivity contribution in [2.45, 2.75) is 18.2 Å². The van der Waals surface area contributed by atoms with Crippen molar-refractivity contribution >= 4 is 23.4 Å². The molecule has 0 radical (unpaired) electrons. The van der Waals surface area contributed by atoms with Gasteiger partial charge in [0.05, 0.1) is 18.6 Å². The lowest BCUT2D eigenvalue weighted by Crippen LogP contribution is -2.24. The first kappa shape index (κ1) is 19.8. The van der Waals surface area contributed by atoms with Crippen molar-refractivity contribution in [3.05, 3.63) is 61.1 Å². The molecule has 0 fully saturated rings. The average Bonchev–Trinajstić information content (AvgIpc) is 3.35. The maximum atomic E-state index is 12.1. The minimum absolute atomic E-state index is 0.0919. The minimum atomic E-state index is -0.0919. The van der Waals surface area contributed by atoms with Gasteiger partial charge in [0.1, 0.15) is 5.76 Å². The number of nitrogens with one attached hydrogen (secondary N) is 1. The molecule has 0 saturated carbocycles. The monoisotopic (exact) mass is 397 g/mol. The quantitative estimate of drug-likeness (QED) is 0.441. The van der Waals surface area contributed by atoms with E-state index in [-0.39, 0.29) is 11.7 Å². The molecule has 0 spiro atoms. The number of allylic oxidation sites excluding steroid dienone is 1. The van der Waals surface area contributed by atoms with Crippen LogP contribution >= 0.6 is 11.8 Å². The van der Waals surface area contributed by atoms with E-state index >= 15 is 0 Å². The molecule has 0 aliphatic rings. The van der Waals surface area contributed by atoms with Crippen molar-refractivity contribution in [3.8, 4) is 11.4 Å². The van der Waals surface area contributed by atoms with Crippen molar-refractivity contribution in [3.63, 3.8) is 0 Å². The molecule has 146 valence electrons. The van der Waals surface area contributed by atoms with Gasteiger partial charge in [-0.15, -0.1) is 16.8 Å². The number of thioether (sulfide) groups is 1. The van der Waals surface area contributed by atoms with Crippen LogP contribution in [0.25, 0.3) is 11.4 Å². The second kappa shape index (κ2) is 9.27. The molecule has 0 aliphatic heterocycles. The molecule has 0 unspecified atom stereocenters. The van der Waals surface area contributed by atoms with Crippen LogP contribution in [-0.4, -0.2) is 40.5 Å². The van der Waals surface area contributed by atoms with Gasteiger partial charge in [0.25, 0.3) is 0 Å². The van der Waals surface area contributed by atoms with Crippen molar-refractivity contribution < 1.29 is 9.21 Å². The van der Waals surface area contributed by atoms with E-state index in [2.05, 4.69) is 28.2 Å². The number of carbonyl (C=O) groups is 1. The van der Waals surface area contributed by atoms with Gasteiger partial charge in [-0.1, -0.05) is 30.0 Å². The summed E-state index contributed by atoms with van der Waals surface area (Å²) in [6, 6.07) is 11.7. The predicted molar refractivity (Wildman–Crippen MR) is 111 cm³/mol. The first-order valence-electron chi connectivity index (χ1n) is 8.82. The lowest BCUT2D eigenvalue weighted by atomic mass is 10.2. The Morgan fingerprint density at radius 3 is 2.89 bits per heavy atom. The van der Waals surface area contributed by atoms with Crippen LogP contribution in [0.1, 0.15) is 5.76 Å². The fourth-order valence-corrected chi connectivity index (χ4v) is 3.38. The smallest absolute Gasteiger partial charge is 0.230 e. The Bertz CT molecular complexity index is 934. The molecule has 0 saturated heterocycles. The van der Waals surface area contributed by atoms with Crippen molar-refractivity contribution in [2.24, 2.45) is 0 Å². The molecule has 3 aromatic rings. The number of anilines is 1. The van der Waals surface area contributed by atoms with Crippen LogP contribution in [0, 0.1) is 0 Å². The molecule has 28 heavy (non-hydrogen) atoms. The lowest BCUT2D eigenvalue weighted by molar-refractivity contribution is -0.118. The van der Waals surface area contributed by atoms with Gasteiger partial charge in [0.15, 0.2) is 11.0 Å². The Balaban J connectivity index is 1.71. The van der Waals surface area contributed by atoms with Gasteiger partial charge < -0.3 is 14.6 Å². The van der Waals surface area contributed by atoms with Gasteiger partial charge in [-0.2, -0.15) is 0 Å². The van der Waals surface area contributed by atoms with Gasteiger partial charge in [0, 0.05) is 31.9 Å². The maximum Gasteiger partial charge on any atom is 0.230 e. The van der Waals surface area contributed by atoms with Gasteiger partial charge in [-0.25, -0.2) is 0 Å². The van der Waals surface area contributed by atoms with Gasteiger partial charge in [-0.05, 0) is 24.3 Å². The van der Waals surface area contributed by atoms with Crippen LogP contribution in [0.3, 0.4) is 0 Å². The maximum absolute atomic E-state index is 12.1. The van der Waals surface area contributed by atoms with Crippen LogP contribution < -0.4 is 10.2 Å². The SMILES string of the molecule is C=CCn1c(SCC(=O)NCc2ccco2)nnc1-c1cccc(N(C)C)c1. The molecule has 1 aromatic carbocycles. The zero-order valence-corrected chi connectivity index (χ0v) is 16.8. The molecule has 0 aliphatic carbocycles. The standard InChI is InChI=1S/C20H23N5O2S/c1-4-10-25-19(15-7-5-8-16(12-15)24(2)3)22-23-20(25)28-14-18(26)21-13-17-9-6-11-27-17/h4-9,11-12H,1,10,13-14H2,2-3H3,(H,21,26). The number of nitrogens with zero attached hydrogens (tertiary/aromatic N) is 4. The average molecular weight is 398 g/mol. The largest absolute Gasteiger partial charge is 0.467 e. The summed E-state index contributed by atoms with van der Waals surface area (Å²) in [5.74, 6) is 1.62. The molecule has 3 rings (SSSR count). The summed E-state index contributed by atoms with van der Waals surface area (Å²) < 4.78 is 7.18. The molecule has 8 heteroatoms. The van der Waals surface area contributed by atoms with Gasteiger partial charge in [0.2, 0.25) is 5.91 Å². The van der Waals surface area contributed by atoms with Crippen LogP contribution in [0.2, 0.25) is 0 Å². The summed E-state index contributed by atoms with van der Waals surface area (Å²) in [5, 5.41) is 12.1. The Labute approximate surface area is 168 Å². The highest BCUT2D eigenvalue weighted by atomic mass is 32.2. The second-order valence-corrected chi connectivity index (χ2v) is 7.24. The first-order chi connectivity index (χ1) is 13.6. The van der Waals surface area contributed by atoms with E-state index in [4.69, 9.17) is 4.42 Å².